The number of aryl methyl sites for hydroxylation is 1. The number of imidazole rings is 1. The number of amides is 1. The lowest BCUT2D eigenvalue weighted by molar-refractivity contribution is 0.0739. The molecule has 4 rings (SSSR count). The lowest BCUT2D eigenvalue weighted by Gasteiger charge is -2.36. The summed E-state index contributed by atoms with van der Waals surface area (Å²) in [6.45, 7) is 4.69. The third-order valence-electron chi connectivity index (χ3n) is 4.70. The Hall–Kier alpha value is -2.24. The quantitative estimate of drug-likeness (QED) is 0.667. The van der Waals surface area contributed by atoms with Crippen molar-refractivity contribution in [3.05, 3.63) is 64.0 Å². The second kappa shape index (κ2) is 6.82. The number of fused-ring (bicyclic) bond motifs is 1. The standard InChI is InChI=1S/C19H18Cl2N4O/c1-13-18(25-12-15(21)5-6-17(25)22-13)19(26)24-9-7-23(8-10-24)16-4-2-3-14(20)11-16/h2-6,11-12H,7-10H2,1H3. The smallest absolute Gasteiger partial charge is 0.272 e. The molecule has 134 valence electrons. The minimum Gasteiger partial charge on any atom is -0.368 e. The highest BCUT2D eigenvalue weighted by Gasteiger charge is 2.26. The Morgan fingerprint density at radius 3 is 2.54 bits per heavy atom. The van der Waals surface area contributed by atoms with Gasteiger partial charge in [0.2, 0.25) is 0 Å². The first-order chi connectivity index (χ1) is 12.5. The van der Waals surface area contributed by atoms with Crippen LogP contribution in [-0.2, 0) is 0 Å². The van der Waals surface area contributed by atoms with Gasteiger partial charge in [-0.3, -0.25) is 9.20 Å². The molecular formula is C19H18Cl2N4O. The number of aromatic nitrogens is 2. The molecule has 1 aliphatic heterocycles. The summed E-state index contributed by atoms with van der Waals surface area (Å²) in [4.78, 5) is 21.7. The van der Waals surface area contributed by atoms with Crippen LogP contribution in [0, 0.1) is 6.92 Å². The second-order valence-corrected chi connectivity index (χ2v) is 7.25. The van der Waals surface area contributed by atoms with Crippen molar-refractivity contribution < 1.29 is 4.79 Å². The van der Waals surface area contributed by atoms with E-state index in [0.29, 0.717) is 23.8 Å². The number of carbonyl (C=O) groups is 1. The first kappa shape index (κ1) is 17.2. The van der Waals surface area contributed by atoms with Crippen molar-refractivity contribution in [1.82, 2.24) is 14.3 Å². The van der Waals surface area contributed by atoms with E-state index in [1.165, 1.54) is 0 Å². The number of anilines is 1. The van der Waals surface area contributed by atoms with Gasteiger partial charge in [0.25, 0.3) is 5.91 Å². The fourth-order valence-corrected chi connectivity index (χ4v) is 3.73. The number of carbonyl (C=O) groups excluding carboxylic acids is 1. The van der Waals surface area contributed by atoms with Gasteiger partial charge in [-0.1, -0.05) is 29.3 Å². The van der Waals surface area contributed by atoms with E-state index < -0.39 is 0 Å². The molecule has 3 aromatic rings. The van der Waals surface area contributed by atoms with Gasteiger partial charge in [-0.05, 0) is 37.3 Å². The van der Waals surface area contributed by atoms with Crippen molar-refractivity contribution in [3.63, 3.8) is 0 Å². The van der Waals surface area contributed by atoms with E-state index in [2.05, 4.69) is 9.88 Å². The van der Waals surface area contributed by atoms with E-state index in [0.717, 1.165) is 35.1 Å². The number of pyridine rings is 1. The predicted molar refractivity (Wildman–Crippen MR) is 105 cm³/mol. The Morgan fingerprint density at radius 1 is 1.04 bits per heavy atom. The largest absolute Gasteiger partial charge is 0.368 e. The molecule has 3 heterocycles. The maximum absolute atomic E-state index is 13.1. The highest BCUT2D eigenvalue weighted by molar-refractivity contribution is 6.31. The summed E-state index contributed by atoms with van der Waals surface area (Å²) in [5, 5.41) is 1.30. The summed E-state index contributed by atoms with van der Waals surface area (Å²) in [6, 6.07) is 11.4. The predicted octanol–water partition coefficient (Wildman–Crippen LogP) is 3.91. The topological polar surface area (TPSA) is 40.9 Å². The summed E-state index contributed by atoms with van der Waals surface area (Å²) in [7, 11) is 0. The molecular weight excluding hydrogens is 371 g/mol. The molecule has 0 aliphatic carbocycles. The van der Waals surface area contributed by atoms with Gasteiger partial charge in [0.1, 0.15) is 11.3 Å². The van der Waals surface area contributed by atoms with Crippen LogP contribution >= 0.6 is 23.2 Å². The van der Waals surface area contributed by atoms with Crippen LogP contribution < -0.4 is 4.90 Å². The Bertz CT molecular complexity index is 977. The van der Waals surface area contributed by atoms with E-state index in [4.69, 9.17) is 23.2 Å². The van der Waals surface area contributed by atoms with Crippen molar-refractivity contribution in [1.29, 1.82) is 0 Å². The minimum atomic E-state index is -0.0111. The number of benzene rings is 1. The molecule has 0 radical (unpaired) electrons. The van der Waals surface area contributed by atoms with Gasteiger partial charge >= 0.3 is 0 Å². The van der Waals surface area contributed by atoms with Crippen molar-refractivity contribution in [2.45, 2.75) is 6.92 Å². The van der Waals surface area contributed by atoms with Crippen molar-refractivity contribution in [2.24, 2.45) is 0 Å². The van der Waals surface area contributed by atoms with E-state index in [-0.39, 0.29) is 5.91 Å². The molecule has 0 bridgehead atoms. The molecule has 1 amide bonds. The van der Waals surface area contributed by atoms with Crippen LogP contribution in [0.25, 0.3) is 5.65 Å². The van der Waals surface area contributed by atoms with Gasteiger partial charge < -0.3 is 9.80 Å². The average Bonchev–Trinajstić information content (AvgIpc) is 2.96. The lowest BCUT2D eigenvalue weighted by atomic mass is 10.2. The van der Waals surface area contributed by atoms with Crippen LogP contribution in [0.15, 0.2) is 42.6 Å². The van der Waals surface area contributed by atoms with Crippen molar-refractivity contribution in [3.8, 4) is 0 Å². The van der Waals surface area contributed by atoms with Crippen LogP contribution in [0.1, 0.15) is 16.2 Å². The summed E-state index contributed by atoms with van der Waals surface area (Å²) >= 11 is 12.2. The number of nitrogens with zero attached hydrogens (tertiary/aromatic N) is 4. The zero-order chi connectivity index (χ0) is 18.3. The zero-order valence-corrected chi connectivity index (χ0v) is 15.8. The fraction of sp³-hybridized carbons (Fsp3) is 0.263. The number of rotatable bonds is 2. The molecule has 5 nitrogen and oxygen atoms in total. The van der Waals surface area contributed by atoms with Crippen molar-refractivity contribution in [2.75, 3.05) is 31.1 Å². The van der Waals surface area contributed by atoms with Gasteiger partial charge in [-0.2, -0.15) is 0 Å². The minimum absolute atomic E-state index is 0.0111. The van der Waals surface area contributed by atoms with Gasteiger partial charge in [-0.25, -0.2) is 4.98 Å². The van der Waals surface area contributed by atoms with Crippen LogP contribution in [-0.4, -0.2) is 46.4 Å². The zero-order valence-electron chi connectivity index (χ0n) is 14.3. The van der Waals surface area contributed by atoms with Gasteiger partial charge in [-0.15, -0.1) is 0 Å². The molecule has 0 unspecified atom stereocenters. The molecule has 1 saturated heterocycles. The molecule has 1 fully saturated rings. The Kier molecular flexibility index (Phi) is 4.51. The molecule has 0 spiro atoms. The number of piperazine rings is 1. The second-order valence-electron chi connectivity index (χ2n) is 6.38. The molecule has 0 atom stereocenters. The van der Waals surface area contributed by atoms with Gasteiger partial charge in [0.05, 0.1) is 10.7 Å². The fourth-order valence-electron chi connectivity index (χ4n) is 3.38. The van der Waals surface area contributed by atoms with E-state index in [1.54, 1.807) is 16.7 Å². The maximum Gasteiger partial charge on any atom is 0.272 e. The van der Waals surface area contributed by atoms with Crippen LogP contribution in [0.4, 0.5) is 5.69 Å². The Morgan fingerprint density at radius 2 is 1.81 bits per heavy atom. The summed E-state index contributed by atoms with van der Waals surface area (Å²) in [5.74, 6) is -0.0111. The highest BCUT2D eigenvalue weighted by Crippen LogP contribution is 2.22. The number of hydrogen-bond donors (Lipinski definition) is 0. The normalized spacial score (nSPS) is 14.9. The first-order valence-corrected chi connectivity index (χ1v) is 9.22. The first-order valence-electron chi connectivity index (χ1n) is 8.47. The monoisotopic (exact) mass is 388 g/mol. The highest BCUT2D eigenvalue weighted by atomic mass is 35.5. The van der Waals surface area contributed by atoms with Gasteiger partial charge in [0.15, 0.2) is 0 Å². The maximum atomic E-state index is 13.1. The molecule has 7 heteroatoms. The average molecular weight is 389 g/mol. The molecule has 0 N–H and O–H groups in total. The van der Waals surface area contributed by atoms with Crippen LogP contribution in [0.2, 0.25) is 10.0 Å². The van der Waals surface area contributed by atoms with E-state index in [1.807, 2.05) is 42.2 Å². The summed E-state index contributed by atoms with van der Waals surface area (Å²) < 4.78 is 1.78. The Labute approximate surface area is 161 Å². The molecule has 2 aromatic heterocycles. The molecule has 1 aromatic carbocycles. The van der Waals surface area contributed by atoms with Gasteiger partial charge in [0, 0.05) is 43.1 Å². The van der Waals surface area contributed by atoms with Crippen LogP contribution in [0.3, 0.4) is 0 Å². The third-order valence-corrected chi connectivity index (χ3v) is 5.16. The SMILES string of the molecule is Cc1nc2ccc(Cl)cn2c1C(=O)N1CCN(c2cccc(Cl)c2)CC1. The third kappa shape index (κ3) is 3.13. The summed E-state index contributed by atoms with van der Waals surface area (Å²) in [6.07, 6.45) is 1.74. The van der Waals surface area contributed by atoms with E-state index >= 15 is 0 Å². The Balaban J connectivity index is 1.54. The molecule has 26 heavy (non-hydrogen) atoms. The molecule has 0 saturated carbocycles. The van der Waals surface area contributed by atoms with E-state index in [9.17, 15) is 4.79 Å². The van der Waals surface area contributed by atoms with Crippen LogP contribution in [0.5, 0.6) is 0 Å². The molecule has 1 aliphatic rings. The number of halogens is 2. The lowest BCUT2D eigenvalue weighted by Crippen LogP contribution is -2.49. The summed E-state index contributed by atoms with van der Waals surface area (Å²) in [5.41, 5.74) is 3.11. The van der Waals surface area contributed by atoms with Crippen molar-refractivity contribution >= 4 is 40.4 Å². The number of hydrogen-bond acceptors (Lipinski definition) is 3.